The molecule has 0 aromatic carbocycles. The van der Waals surface area contributed by atoms with E-state index in [2.05, 4.69) is 11.8 Å². The molecule has 1 fully saturated rings. The van der Waals surface area contributed by atoms with Crippen molar-refractivity contribution in [1.29, 1.82) is 0 Å². The zero-order valence-electron chi connectivity index (χ0n) is 8.18. The molecule has 1 aliphatic carbocycles. The second-order valence-electron chi connectivity index (χ2n) is 3.79. The van der Waals surface area contributed by atoms with Crippen molar-refractivity contribution >= 4 is 5.78 Å². The molecule has 0 atom stereocenters. The summed E-state index contributed by atoms with van der Waals surface area (Å²) in [7, 11) is 0. The highest BCUT2D eigenvalue weighted by Gasteiger charge is 2.23. The van der Waals surface area contributed by atoms with Gasteiger partial charge in [0.2, 0.25) is 0 Å². The topological polar surface area (TPSA) is 20.3 Å². The van der Waals surface area contributed by atoms with E-state index in [4.69, 9.17) is 0 Å². The van der Waals surface area contributed by atoms with Crippen molar-refractivity contribution in [1.82, 2.24) is 4.90 Å². The maximum atomic E-state index is 10.7. The summed E-state index contributed by atoms with van der Waals surface area (Å²) in [5.41, 5.74) is 0. The van der Waals surface area contributed by atoms with E-state index in [0.717, 1.165) is 25.4 Å². The van der Waals surface area contributed by atoms with Gasteiger partial charge in [0.05, 0.1) is 0 Å². The average molecular weight is 169 g/mol. The van der Waals surface area contributed by atoms with Gasteiger partial charge in [-0.1, -0.05) is 6.92 Å². The van der Waals surface area contributed by atoms with E-state index in [0.29, 0.717) is 5.78 Å². The summed E-state index contributed by atoms with van der Waals surface area (Å²) in [6.45, 7) is 7.10. The van der Waals surface area contributed by atoms with E-state index in [1.807, 2.05) is 0 Å². The smallest absolute Gasteiger partial charge is 0.131 e. The summed E-state index contributed by atoms with van der Waals surface area (Å²) in [5.74, 6) is 1.25. The minimum absolute atomic E-state index is 0.309. The highest BCUT2D eigenvalue weighted by atomic mass is 16.1. The van der Waals surface area contributed by atoms with Gasteiger partial charge in [-0.05, 0) is 32.2 Å². The highest BCUT2D eigenvalue weighted by Crippen LogP contribution is 2.29. The zero-order valence-corrected chi connectivity index (χ0v) is 8.18. The Hall–Kier alpha value is -0.370. The van der Waals surface area contributed by atoms with Gasteiger partial charge in [-0.15, -0.1) is 0 Å². The van der Waals surface area contributed by atoms with Gasteiger partial charge in [-0.3, -0.25) is 4.79 Å². The van der Waals surface area contributed by atoms with E-state index in [1.165, 1.54) is 19.4 Å². The van der Waals surface area contributed by atoms with Crippen LogP contribution in [0.1, 0.15) is 33.1 Å². The Balaban J connectivity index is 2.10. The standard InChI is InChI=1S/C10H19NO/c1-3-11(7-6-9(2)12)8-10-4-5-10/h10H,3-8H2,1-2H3. The van der Waals surface area contributed by atoms with Crippen LogP contribution in [-0.2, 0) is 4.79 Å². The van der Waals surface area contributed by atoms with E-state index in [-0.39, 0.29) is 0 Å². The molecule has 0 spiro atoms. The Morgan fingerprint density at radius 2 is 2.17 bits per heavy atom. The van der Waals surface area contributed by atoms with Crippen LogP contribution in [0.15, 0.2) is 0 Å². The van der Waals surface area contributed by atoms with Gasteiger partial charge in [-0.2, -0.15) is 0 Å². The molecule has 1 saturated carbocycles. The largest absolute Gasteiger partial charge is 0.303 e. The van der Waals surface area contributed by atoms with Gasteiger partial charge in [0, 0.05) is 19.5 Å². The van der Waals surface area contributed by atoms with Gasteiger partial charge in [-0.25, -0.2) is 0 Å². The Kier molecular flexibility index (Phi) is 3.73. The Labute approximate surface area is 74.9 Å². The van der Waals surface area contributed by atoms with Crippen LogP contribution < -0.4 is 0 Å². The lowest BCUT2D eigenvalue weighted by molar-refractivity contribution is -0.117. The number of carbonyl (C=O) groups excluding carboxylic acids is 1. The molecular weight excluding hydrogens is 150 g/mol. The van der Waals surface area contributed by atoms with Crippen LogP contribution in [0, 0.1) is 5.92 Å². The SMILES string of the molecule is CCN(CCC(C)=O)CC1CC1. The Bertz CT molecular complexity index is 152. The second-order valence-corrected chi connectivity index (χ2v) is 3.79. The number of Topliss-reactive ketones (excluding diaryl/α,β-unsaturated/α-hetero) is 1. The summed E-state index contributed by atoms with van der Waals surface area (Å²) in [4.78, 5) is 13.1. The average Bonchev–Trinajstić information content (AvgIpc) is 2.81. The Morgan fingerprint density at radius 1 is 1.50 bits per heavy atom. The van der Waals surface area contributed by atoms with E-state index < -0.39 is 0 Å². The third-order valence-corrected chi connectivity index (χ3v) is 2.44. The third-order valence-electron chi connectivity index (χ3n) is 2.44. The molecule has 0 aliphatic heterocycles. The maximum absolute atomic E-state index is 10.7. The fourth-order valence-corrected chi connectivity index (χ4v) is 1.36. The van der Waals surface area contributed by atoms with Gasteiger partial charge in [0.25, 0.3) is 0 Å². The minimum atomic E-state index is 0.309. The number of carbonyl (C=O) groups is 1. The first-order valence-corrected chi connectivity index (χ1v) is 4.94. The van der Waals surface area contributed by atoms with Crippen molar-refractivity contribution in [3.05, 3.63) is 0 Å². The summed E-state index contributed by atoms with van der Waals surface area (Å²) in [6.07, 6.45) is 3.52. The van der Waals surface area contributed by atoms with Crippen LogP contribution in [0.5, 0.6) is 0 Å². The lowest BCUT2D eigenvalue weighted by atomic mass is 10.2. The lowest BCUT2D eigenvalue weighted by Crippen LogP contribution is -2.27. The molecule has 1 rings (SSSR count). The molecule has 0 saturated heterocycles. The molecule has 0 unspecified atom stereocenters. The summed E-state index contributed by atoms with van der Waals surface area (Å²) < 4.78 is 0. The van der Waals surface area contributed by atoms with E-state index >= 15 is 0 Å². The molecule has 70 valence electrons. The first kappa shape index (κ1) is 9.72. The first-order chi connectivity index (χ1) is 5.72. The molecule has 0 aromatic heterocycles. The van der Waals surface area contributed by atoms with Gasteiger partial charge in [0.1, 0.15) is 5.78 Å². The molecule has 1 aliphatic rings. The highest BCUT2D eigenvalue weighted by molar-refractivity contribution is 5.75. The molecule has 0 amide bonds. The van der Waals surface area contributed by atoms with Crippen LogP contribution in [0.2, 0.25) is 0 Å². The van der Waals surface area contributed by atoms with Gasteiger partial charge < -0.3 is 4.90 Å². The van der Waals surface area contributed by atoms with Crippen molar-refractivity contribution in [2.24, 2.45) is 5.92 Å². The summed E-state index contributed by atoms with van der Waals surface area (Å²) in [5, 5.41) is 0. The van der Waals surface area contributed by atoms with Crippen molar-refractivity contribution in [2.45, 2.75) is 33.1 Å². The maximum Gasteiger partial charge on any atom is 0.131 e. The molecule has 12 heavy (non-hydrogen) atoms. The third kappa shape index (κ3) is 3.86. The number of hydrogen-bond acceptors (Lipinski definition) is 2. The van der Waals surface area contributed by atoms with E-state index in [9.17, 15) is 4.79 Å². The summed E-state index contributed by atoms with van der Waals surface area (Å²) >= 11 is 0. The molecule has 0 bridgehead atoms. The molecule has 0 heterocycles. The number of hydrogen-bond donors (Lipinski definition) is 0. The van der Waals surface area contributed by atoms with Crippen molar-refractivity contribution < 1.29 is 4.79 Å². The predicted octanol–water partition coefficient (Wildman–Crippen LogP) is 1.70. The van der Waals surface area contributed by atoms with Gasteiger partial charge in [0.15, 0.2) is 0 Å². The molecule has 0 N–H and O–H groups in total. The normalized spacial score (nSPS) is 16.9. The molecular formula is C10H19NO. The van der Waals surface area contributed by atoms with Crippen LogP contribution >= 0.6 is 0 Å². The van der Waals surface area contributed by atoms with Crippen molar-refractivity contribution in [3.63, 3.8) is 0 Å². The van der Waals surface area contributed by atoms with Crippen LogP contribution in [-0.4, -0.2) is 30.3 Å². The molecule has 0 radical (unpaired) electrons. The van der Waals surface area contributed by atoms with Crippen LogP contribution in [0.3, 0.4) is 0 Å². The molecule has 0 aromatic rings. The second kappa shape index (κ2) is 4.61. The first-order valence-electron chi connectivity index (χ1n) is 4.94. The molecule has 2 nitrogen and oxygen atoms in total. The Morgan fingerprint density at radius 3 is 2.58 bits per heavy atom. The monoisotopic (exact) mass is 169 g/mol. The van der Waals surface area contributed by atoms with Crippen LogP contribution in [0.25, 0.3) is 0 Å². The lowest BCUT2D eigenvalue weighted by Gasteiger charge is -2.18. The quantitative estimate of drug-likeness (QED) is 0.603. The zero-order chi connectivity index (χ0) is 8.97. The van der Waals surface area contributed by atoms with E-state index in [1.54, 1.807) is 6.92 Å². The fraction of sp³-hybridized carbons (Fsp3) is 0.900. The van der Waals surface area contributed by atoms with Gasteiger partial charge >= 0.3 is 0 Å². The number of ketones is 1. The molecule has 2 heteroatoms. The van der Waals surface area contributed by atoms with Crippen molar-refractivity contribution in [2.75, 3.05) is 19.6 Å². The fourth-order valence-electron chi connectivity index (χ4n) is 1.36. The minimum Gasteiger partial charge on any atom is -0.303 e. The predicted molar refractivity (Wildman–Crippen MR) is 50.1 cm³/mol. The number of nitrogens with zero attached hydrogens (tertiary/aromatic N) is 1. The summed E-state index contributed by atoms with van der Waals surface area (Å²) in [6, 6.07) is 0. The van der Waals surface area contributed by atoms with Crippen LogP contribution in [0.4, 0.5) is 0 Å². The number of rotatable bonds is 6. The van der Waals surface area contributed by atoms with Crippen molar-refractivity contribution in [3.8, 4) is 0 Å².